The lowest BCUT2D eigenvalue weighted by atomic mass is 10.0. The summed E-state index contributed by atoms with van der Waals surface area (Å²) in [6.07, 6.45) is 1.57. The van der Waals surface area contributed by atoms with Crippen LogP contribution in [-0.2, 0) is 0 Å². The molecule has 1 N–H and O–H groups in total. The van der Waals surface area contributed by atoms with E-state index in [4.69, 9.17) is 0 Å². The summed E-state index contributed by atoms with van der Waals surface area (Å²) in [5, 5.41) is 18.0. The van der Waals surface area contributed by atoms with Crippen LogP contribution in [0.2, 0.25) is 0 Å². The first-order chi connectivity index (χ1) is 13.7. The Labute approximate surface area is 172 Å². The van der Waals surface area contributed by atoms with Gasteiger partial charge in [0, 0.05) is 21.3 Å². The molecule has 8 heteroatoms. The van der Waals surface area contributed by atoms with Gasteiger partial charge in [-0.1, -0.05) is 63.7 Å². The third-order valence-electron chi connectivity index (χ3n) is 4.37. The topological polar surface area (TPSA) is 72.2 Å². The van der Waals surface area contributed by atoms with Crippen LogP contribution in [0.4, 0.5) is 5.69 Å². The number of anilines is 1. The smallest absolute Gasteiger partial charge is 0.256 e. The first-order valence-electron chi connectivity index (χ1n) is 8.45. The maximum Gasteiger partial charge on any atom is 0.256 e. The van der Waals surface area contributed by atoms with Crippen LogP contribution in [0.1, 0.15) is 10.4 Å². The number of nitrogens with one attached hydrogen (secondary N) is 1. The Morgan fingerprint density at radius 1 is 1.04 bits per heavy atom. The third-order valence-corrected chi connectivity index (χ3v) is 6.02. The SMILES string of the molecule is O=C(Nc1cccc(-c2nn3cnnc3s2)c1)c1cccc2c(Br)cccc12. The van der Waals surface area contributed by atoms with Gasteiger partial charge < -0.3 is 5.32 Å². The zero-order valence-electron chi connectivity index (χ0n) is 14.3. The van der Waals surface area contributed by atoms with Crippen LogP contribution in [0.5, 0.6) is 0 Å². The molecule has 0 aliphatic carbocycles. The van der Waals surface area contributed by atoms with Crippen molar-refractivity contribution < 1.29 is 4.79 Å². The number of benzene rings is 3. The molecule has 0 aliphatic rings. The van der Waals surface area contributed by atoms with E-state index in [1.807, 2.05) is 60.7 Å². The van der Waals surface area contributed by atoms with Crippen molar-refractivity contribution in [3.05, 3.63) is 77.0 Å². The van der Waals surface area contributed by atoms with E-state index in [1.165, 1.54) is 11.3 Å². The molecule has 0 aliphatic heterocycles. The molecule has 1 amide bonds. The van der Waals surface area contributed by atoms with E-state index in [0.717, 1.165) is 30.8 Å². The Morgan fingerprint density at radius 2 is 1.86 bits per heavy atom. The maximum absolute atomic E-state index is 12.9. The predicted molar refractivity (Wildman–Crippen MR) is 114 cm³/mol. The standard InChI is InChI=1S/C20H12BrN5OS/c21-17-9-3-6-14-15(17)7-2-8-16(14)18(27)23-13-5-1-4-12(10-13)19-25-26-11-22-24-20(26)28-19/h1-11H,(H,23,27). The van der Waals surface area contributed by atoms with Crippen LogP contribution in [0.3, 0.4) is 0 Å². The van der Waals surface area contributed by atoms with E-state index in [1.54, 1.807) is 10.8 Å². The van der Waals surface area contributed by atoms with Crippen LogP contribution in [-0.4, -0.2) is 25.7 Å². The van der Waals surface area contributed by atoms with Crippen molar-refractivity contribution >= 4 is 54.6 Å². The summed E-state index contributed by atoms with van der Waals surface area (Å²) < 4.78 is 2.60. The largest absolute Gasteiger partial charge is 0.322 e. The molecule has 28 heavy (non-hydrogen) atoms. The molecule has 0 saturated carbocycles. The van der Waals surface area contributed by atoms with Gasteiger partial charge in [0.25, 0.3) is 5.91 Å². The Balaban J connectivity index is 1.47. The van der Waals surface area contributed by atoms with Crippen molar-refractivity contribution in [1.29, 1.82) is 0 Å². The Kier molecular flexibility index (Phi) is 4.14. The first kappa shape index (κ1) is 17.0. The minimum Gasteiger partial charge on any atom is -0.322 e. The van der Waals surface area contributed by atoms with Crippen LogP contribution in [0, 0.1) is 0 Å². The van der Waals surface area contributed by atoms with Gasteiger partial charge in [0.1, 0.15) is 11.3 Å². The number of hydrogen-bond acceptors (Lipinski definition) is 5. The fourth-order valence-electron chi connectivity index (χ4n) is 3.07. The molecule has 0 fully saturated rings. The van der Waals surface area contributed by atoms with Crippen LogP contribution in [0.15, 0.2) is 71.5 Å². The zero-order chi connectivity index (χ0) is 19.1. The summed E-state index contributed by atoms with van der Waals surface area (Å²) in [6.45, 7) is 0. The van der Waals surface area contributed by atoms with E-state index >= 15 is 0 Å². The summed E-state index contributed by atoms with van der Waals surface area (Å²) >= 11 is 4.99. The molecule has 3 aromatic carbocycles. The number of nitrogens with zero attached hydrogens (tertiary/aromatic N) is 4. The predicted octanol–water partition coefficient (Wildman–Crippen LogP) is 5.02. The van der Waals surface area contributed by atoms with Gasteiger partial charge in [-0.05, 0) is 35.0 Å². The fourth-order valence-corrected chi connectivity index (χ4v) is 4.39. The molecule has 5 aromatic rings. The molecule has 0 saturated heterocycles. The molecule has 0 atom stereocenters. The van der Waals surface area contributed by atoms with Crippen molar-refractivity contribution in [2.75, 3.05) is 5.32 Å². The Bertz CT molecular complexity index is 1310. The average molecular weight is 450 g/mol. The highest BCUT2D eigenvalue weighted by molar-refractivity contribution is 9.10. The lowest BCUT2D eigenvalue weighted by Crippen LogP contribution is -2.12. The fraction of sp³-hybridized carbons (Fsp3) is 0. The van der Waals surface area contributed by atoms with E-state index < -0.39 is 0 Å². The Hall–Kier alpha value is -3.10. The first-order valence-corrected chi connectivity index (χ1v) is 10.1. The highest BCUT2D eigenvalue weighted by atomic mass is 79.9. The van der Waals surface area contributed by atoms with Crippen molar-refractivity contribution in [2.45, 2.75) is 0 Å². The van der Waals surface area contributed by atoms with Crippen LogP contribution >= 0.6 is 27.3 Å². The van der Waals surface area contributed by atoms with E-state index in [0.29, 0.717) is 11.3 Å². The van der Waals surface area contributed by atoms with Crippen molar-refractivity contribution in [1.82, 2.24) is 19.8 Å². The van der Waals surface area contributed by atoms with Gasteiger partial charge in [-0.2, -0.15) is 9.61 Å². The number of rotatable bonds is 3. The normalized spacial score (nSPS) is 11.2. The van der Waals surface area contributed by atoms with Crippen LogP contribution < -0.4 is 5.32 Å². The number of carbonyl (C=O) groups excluding carboxylic acids is 1. The quantitative estimate of drug-likeness (QED) is 0.419. The lowest BCUT2D eigenvalue weighted by Gasteiger charge is -2.09. The second kappa shape index (κ2) is 6.81. The number of halogens is 1. The number of aromatic nitrogens is 4. The molecule has 0 unspecified atom stereocenters. The lowest BCUT2D eigenvalue weighted by molar-refractivity contribution is 0.102. The summed E-state index contributed by atoms with van der Waals surface area (Å²) in [4.78, 5) is 13.7. The van der Waals surface area contributed by atoms with E-state index in [-0.39, 0.29) is 5.91 Å². The highest BCUT2D eigenvalue weighted by Crippen LogP contribution is 2.29. The summed E-state index contributed by atoms with van der Waals surface area (Å²) in [5.41, 5.74) is 2.25. The number of carbonyl (C=O) groups is 1. The Morgan fingerprint density at radius 3 is 2.75 bits per heavy atom. The second-order valence-electron chi connectivity index (χ2n) is 6.14. The monoisotopic (exact) mass is 449 g/mol. The van der Waals surface area contributed by atoms with Crippen LogP contribution in [0.25, 0.3) is 26.3 Å². The van der Waals surface area contributed by atoms with Gasteiger partial charge in [-0.3, -0.25) is 4.79 Å². The molecule has 0 radical (unpaired) electrons. The second-order valence-corrected chi connectivity index (χ2v) is 7.95. The molecule has 5 rings (SSSR count). The number of hydrogen-bond donors (Lipinski definition) is 1. The molecule has 6 nitrogen and oxygen atoms in total. The third kappa shape index (κ3) is 2.96. The van der Waals surface area contributed by atoms with Crippen molar-refractivity contribution in [2.24, 2.45) is 0 Å². The number of fused-ring (bicyclic) bond motifs is 2. The molecule has 0 bridgehead atoms. The molecule has 2 heterocycles. The van der Waals surface area contributed by atoms with Gasteiger partial charge in [-0.25, -0.2) is 0 Å². The minimum absolute atomic E-state index is 0.154. The van der Waals surface area contributed by atoms with E-state index in [9.17, 15) is 4.79 Å². The summed E-state index contributed by atoms with van der Waals surface area (Å²) in [7, 11) is 0. The zero-order valence-corrected chi connectivity index (χ0v) is 16.7. The van der Waals surface area contributed by atoms with Crippen molar-refractivity contribution in [3.8, 4) is 10.6 Å². The summed E-state index contributed by atoms with van der Waals surface area (Å²) in [5.74, 6) is -0.154. The van der Waals surface area contributed by atoms with Gasteiger partial charge in [0.2, 0.25) is 4.96 Å². The van der Waals surface area contributed by atoms with Gasteiger partial charge >= 0.3 is 0 Å². The highest BCUT2D eigenvalue weighted by Gasteiger charge is 2.13. The average Bonchev–Trinajstić information content (AvgIpc) is 3.30. The van der Waals surface area contributed by atoms with Gasteiger partial charge in [-0.15, -0.1) is 10.2 Å². The molecule has 136 valence electrons. The minimum atomic E-state index is -0.154. The molecule has 0 spiro atoms. The van der Waals surface area contributed by atoms with Crippen molar-refractivity contribution in [3.63, 3.8) is 0 Å². The summed E-state index contributed by atoms with van der Waals surface area (Å²) in [6, 6.07) is 19.2. The molecule has 2 aromatic heterocycles. The van der Waals surface area contributed by atoms with Gasteiger partial charge in [0.05, 0.1) is 0 Å². The molecular formula is C20H12BrN5OS. The molecular weight excluding hydrogens is 438 g/mol. The van der Waals surface area contributed by atoms with E-state index in [2.05, 4.69) is 36.5 Å². The number of amides is 1. The van der Waals surface area contributed by atoms with Gasteiger partial charge in [0.15, 0.2) is 0 Å². The maximum atomic E-state index is 12.9.